The van der Waals surface area contributed by atoms with Crippen LogP contribution in [0.3, 0.4) is 0 Å². The molecule has 0 saturated heterocycles. The fourth-order valence-electron chi connectivity index (χ4n) is 2.43. The zero-order valence-corrected chi connectivity index (χ0v) is 10.7. The van der Waals surface area contributed by atoms with Crippen molar-refractivity contribution in [2.75, 3.05) is 0 Å². The first-order valence-electron chi connectivity index (χ1n) is 6.41. The number of hydrogen-bond donors (Lipinski definition) is 1. The van der Waals surface area contributed by atoms with Crippen LogP contribution in [0.15, 0.2) is 18.2 Å². The van der Waals surface area contributed by atoms with E-state index in [9.17, 15) is 9.18 Å². The first kappa shape index (κ1) is 12.0. The Kier molecular flexibility index (Phi) is 3.02. The van der Waals surface area contributed by atoms with Crippen molar-refractivity contribution in [3.8, 4) is 0 Å². The maximum absolute atomic E-state index is 13.6. The van der Waals surface area contributed by atoms with Gasteiger partial charge in [0.25, 0.3) is 5.91 Å². The predicted molar refractivity (Wildman–Crippen MR) is 68.1 cm³/mol. The molecule has 2 aliphatic rings. The second-order valence-corrected chi connectivity index (χ2v) is 5.73. The van der Waals surface area contributed by atoms with E-state index in [1.807, 2.05) is 0 Å². The molecule has 0 radical (unpaired) electrons. The van der Waals surface area contributed by atoms with Crippen LogP contribution >= 0.6 is 11.6 Å². The molecule has 18 heavy (non-hydrogen) atoms. The fourth-order valence-corrected chi connectivity index (χ4v) is 2.60. The van der Waals surface area contributed by atoms with Crippen molar-refractivity contribution in [1.29, 1.82) is 0 Å². The Hall–Kier alpha value is -1.09. The standard InChI is InChI=1S/C14H15ClFNO/c15-10-5-6-12(16)11(7-10)14(18)17-13(8-1-2-8)9-3-4-9/h5-9,13H,1-4H2,(H,17,18). The number of carbonyl (C=O) groups is 1. The predicted octanol–water partition coefficient (Wildman–Crippen LogP) is 3.40. The molecule has 0 aliphatic heterocycles. The van der Waals surface area contributed by atoms with Gasteiger partial charge in [-0.2, -0.15) is 0 Å². The summed E-state index contributed by atoms with van der Waals surface area (Å²) in [7, 11) is 0. The Balaban J connectivity index is 1.75. The zero-order chi connectivity index (χ0) is 12.7. The molecule has 0 bridgehead atoms. The molecule has 96 valence electrons. The highest BCUT2D eigenvalue weighted by Gasteiger charge is 2.42. The summed E-state index contributed by atoms with van der Waals surface area (Å²) in [6, 6.07) is 4.31. The molecular formula is C14H15ClFNO. The number of hydrogen-bond acceptors (Lipinski definition) is 1. The molecule has 2 saturated carbocycles. The van der Waals surface area contributed by atoms with Crippen LogP contribution in [0.2, 0.25) is 5.02 Å². The molecule has 4 heteroatoms. The van der Waals surface area contributed by atoms with Crippen LogP contribution in [0.1, 0.15) is 36.0 Å². The van der Waals surface area contributed by atoms with Crippen molar-refractivity contribution in [2.24, 2.45) is 11.8 Å². The van der Waals surface area contributed by atoms with E-state index in [0.717, 1.165) is 0 Å². The van der Waals surface area contributed by atoms with Crippen LogP contribution in [0.5, 0.6) is 0 Å². The van der Waals surface area contributed by atoms with Crippen molar-refractivity contribution in [3.63, 3.8) is 0 Å². The average Bonchev–Trinajstić information content (AvgIpc) is 3.21. The monoisotopic (exact) mass is 267 g/mol. The minimum atomic E-state index is -0.512. The summed E-state index contributed by atoms with van der Waals surface area (Å²) in [5.41, 5.74) is 0.0498. The Morgan fingerprint density at radius 2 is 1.89 bits per heavy atom. The first-order chi connectivity index (χ1) is 8.65. The van der Waals surface area contributed by atoms with E-state index in [-0.39, 0.29) is 17.5 Å². The van der Waals surface area contributed by atoms with Crippen LogP contribution in [-0.4, -0.2) is 11.9 Å². The second kappa shape index (κ2) is 4.54. The normalized spacial score (nSPS) is 19.1. The highest BCUT2D eigenvalue weighted by Crippen LogP contribution is 2.44. The number of nitrogens with one attached hydrogen (secondary N) is 1. The summed E-state index contributed by atoms with van der Waals surface area (Å²) in [6.07, 6.45) is 4.72. The van der Waals surface area contributed by atoms with Crippen molar-refractivity contribution in [2.45, 2.75) is 31.7 Å². The number of amides is 1. The summed E-state index contributed by atoms with van der Waals surface area (Å²) in [4.78, 5) is 12.1. The lowest BCUT2D eigenvalue weighted by atomic mass is 10.1. The van der Waals surface area contributed by atoms with E-state index in [4.69, 9.17) is 11.6 Å². The van der Waals surface area contributed by atoms with E-state index < -0.39 is 5.82 Å². The van der Waals surface area contributed by atoms with Gasteiger partial charge in [0.15, 0.2) is 0 Å². The molecule has 0 aromatic heterocycles. The van der Waals surface area contributed by atoms with Crippen molar-refractivity contribution in [3.05, 3.63) is 34.6 Å². The van der Waals surface area contributed by atoms with Gasteiger partial charge < -0.3 is 5.32 Å². The van der Waals surface area contributed by atoms with Crippen LogP contribution in [0.25, 0.3) is 0 Å². The average molecular weight is 268 g/mol. The Morgan fingerprint density at radius 3 is 2.44 bits per heavy atom. The van der Waals surface area contributed by atoms with Gasteiger partial charge in [-0.05, 0) is 55.7 Å². The maximum atomic E-state index is 13.6. The summed E-state index contributed by atoms with van der Waals surface area (Å²) in [5.74, 6) is 0.355. The molecule has 0 unspecified atom stereocenters. The minimum absolute atomic E-state index is 0.0498. The van der Waals surface area contributed by atoms with Gasteiger partial charge in [0.05, 0.1) is 5.56 Å². The third-order valence-electron chi connectivity index (χ3n) is 3.73. The highest BCUT2D eigenvalue weighted by atomic mass is 35.5. The van der Waals surface area contributed by atoms with Crippen molar-refractivity contribution in [1.82, 2.24) is 5.32 Å². The quantitative estimate of drug-likeness (QED) is 0.890. The minimum Gasteiger partial charge on any atom is -0.349 e. The Bertz CT molecular complexity index is 471. The lowest BCUT2D eigenvalue weighted by molar-refractivity contribution is 0.0922. The lowest BCUT2D eigenvalue weighted by Crippen LogP contribution is -2.38. The number of halogens is 2. The summed E-state index contributed by atoms with van der Waals surface area (Å²) < 4.78 is 13.6. The van der Waals surface area contributed by atoms with E-state index in [1.165, 1.54) is 43.9 Å². The van der Waals surface area contributed by atoms with E-state index in [1.54, 1.807) is 0 Å². The smallest absolute Gasteiger partial charge is 0.254 e. The van der Waals surface area contributed by atoms with Gasteiger partial charge in [-0.3, -0.25) is 4.79 Å². The summed E-state index contributed by atoms with van der Waals surface area (Å²) >= 11 is 5.80. The van der Waals surface area contributed by atoms with Gasteiger partial charge >= 0.3 is 0 Å². The molecule has 1 aromatic carbocycles. The third kappa shape index (κ3) is 2.51. The van der Waals surface area contributed by atoms with Crippen LogP contribution in [0.4, 0.5) is 4.39 Å². The first-order valence-corrected chi connectivity index (χ1v) is 6.79. The van der Waals surface area contributed by atoms with Crippen LogP contribution in [0, 0.1) is 17.7 Å². The molecule has 0 spiro atoms. The van der Waals surface area contributed by atoms with E-state index in [2.05, 4.69) is 5.32 Å². The number of benzene rings is 1. The molecule has 2 nitrogen and oxygen atoms in total. The van der Waals surface area contributed by atoms with Crippen LogP contribution < -0.4 is 5.32 Å². The zero-order valence-electron chi connectivity index (χ0n) is 9.96. The maximum Gasteiger partial charge on any atom is 0.254 e. The van der Waals surface area contributed by atoms with Gasteiger partial charge in [0.1, 0.15) is 5.82 Å². The molecule has 1 aromatic rings. The van der Waals surface area contributed by atoms with Crippen LogP contribution in [-0.2, 0) is 0 Å². The topological polar surface area (TPSA) is 29.1 Å². The van der Waals surface area contributed by atoms with Gasteiger partial charge in [-0.15, -0.1) is 0 Å². The second-order valence-electron chi connectivity index (χ2n) is 5.30. The summed E-state index contributed by atoms with van der Waals surface area (Å²) in [5, 5.41) is 3.37. The molecule has 1 amide bonds. The molecule has 3 rings (SSSR count). The Labute approximate surface area is 111 Å². The number of carbonyl (C=O) groups excluding carboxylic acids is 1. The summed E-state index contributed by atoms with van der Waals surface area (Å²) in [6.45, 7) is 0. The molecule has 2 fully saturated rings. The van der Waals surface area contributed by atoms with Gasteiger partial charge in [-0.25, -0.2) is 4.39 Å². The van der Waals surface area contributed by atoms with E-state index in [0.29, 0.717) is 16.9 Å². The molecular weight excluding hydrogens is 253 g/mol. The lowest BCUT2D eigenvalue weighted by Gasteiger charge is -2.17. The van der Waals surface area contributed by atoms with E-state index >= 15 is 0 Å². The number of rotatable bonds is 4. The molecule has 1 N–H and O–H groups in total. The largest absolute Gasteiger partial charge is 0.349 e. The third-order valence-corrected chi connectivity index (χ3v) is 3.97. The van der Waals surface area contributed by atoms with Crippen molar-refractivity contribution < 1.29 is 9.18 Å². The fraction of sp³-hybridized carbons (Fsp3) is 0.500. The molecule has 0 heterocycles. The van der Waals surface area contributed by atoms with Crippen molar-refractivity contribution >= 4 is 17.5 Å². The molecule has 0 atom stereocenters. The molecule has 2 aliphatic carbocycles. The van der Waals surface area contributed by atoms with Gasteiger partial charge in [-0.1, -0.05) is 11.6 Å². The van der Waals surface area contributed by atoms with Gasteiger partial charge in [0.2, 0.25) is 0 Å². The highest BCUT2D eigenvalue weighted by molar-refractivity contribution is 6.31. The Morgan fingerprint density at radius 1 is 1.28 bits per heavy atom. The van der Waals surface area contributed by atoms with Gasteiger partial charge in [0, 0.05) is 11.1 Å². The SMILES string of the molecule is O=C(NC(C1CC1)C1CC1)c1cc(Cl)ccc1F.